The average molecular weight is 305 g/mol. The maximum absolute atomic E-state index is 14.0. The molecule has 0 unspecified atom stereocenters. The van der Waals surface area contributed by atoms with Crippen LogP contribution in [0.1, 0.15) is 24.4 Å². The molecule has 0 saturated heterocycles. The minimum Gasteiger partial charge on any atom is -0.385 e. The van der Waals surface area contributed by atoms with Crippen molar-refractivity contribution in [3.05, 3.63) is 64.7 Å². The fourth-order valence-corrected chi connectivity index (χ4v) is 2.64. The Labute approximate surface area is 126 Å². The number of imidazole rings is 1. The number of hydrogen-bond acceptors (Lipinski definition) is 2. The molecule has 0 aliphatic carbocycles. The molecule has 3 aromatic rings. The van der Waals surface area contributed by atoms with Crippen molar-refractivity contribution >= 4 is 22.6 Å². The Morgan fingerprint density at radius 1 is 1.24 bits per heavy atom. The van der Waals surface area contributed by atoms with Crippen molar-refractivity contribution in [2.45, 2.75) is 19.6 Å². The van der Waals surface area contributed by atoms with E-state index in [1.165, 1.54) is 6.07 Å². The van der Waals surface area contributed by atoms with Gasteiger partial charge < -0.3 is 9.67 Å². The van der Waals surface area contributed by atoms with Gasteiger partial charge in [0, 0.05) is 10.6 Å². The molecule has 108 valence electrons. The van der Waals surface area contributed by atoms with Crippen LogP contribution >= 0.6 is 11.6 Å². The van der Waals surface area contributed by atoms with Gasteiger partial charge in [-0.15, -0.1) is 0 Å². The van der Waals surface area contributed by atoms with Crippen LogP contribution in [0, 0.1) is 5.82 Å². The fraction of sp³-hybridized carbons (Fsp3) is 0.188. The first-order valence-corrected chi connectivity index (χ1v) is 7.02. The molecule has 0 aliphatic rings. The number of hydrogen-bond donors (Lipinski definition) is 1. The van der Waals surface area contributed by atoms with Crippen molar-refractivity contribution in [1.29, 1.82) is 0 Å². The molecule has 3 rings (SSSR count). The number of aromatic nitrogens is 2. The second-order valence-corrected chi connectivity index (χ2v) is 5.33. The largest absolute Gasteiger partial charge is 0.385 e. The SMILES string of the molecule is C[C@H](O)c1nc2ccccc2n1Cc1c(F)cccc1Cl. The zero-order valence-corrected chi connectivity index (χ0v) is 12.2. The van der Waals surface area contributed by atoms with Crippen molar-refractivity contribution in [3.63, 3.8) is 0 Å². The lowest BCUT2D eigenvalue weighted by Gasteiger charge is -2.12. The molecule has 0 amide bonds. The third-order valence-corrected chi connectivity index (χ3v) is 3.79. The summed E-state index contributed by atoms with van der Waals surface area (Å²) in [6.07, 6.45) is -0.747. The fourth-order valence-electron chi connectivity index (χ4n) is 2.42. The molecule has 2 aromatic carbocycles. The smallest absolute Gasteiger partial charge is 0.138 e. The van der Waals surface area contributed by atoms with Gasteiger partial charge in [-0.1, -0.05) is 29.8 Å². The second kappa shape index (κ2) is 5.47. The molecule has 5 heteroatoms. The van der Waals surface area contributed by atoms with Crippen molar-refractivity contribution in [2.24, 2.45) is 0 Å². The standard InChI is InChI=1S/C16H14ClFN2O/c1-10(21)16-19-14-7-2-3-8-15(14)20(16)9-11-12(17)5-4-6-13(11)18/h2-8,10,21H,9H2,1H3/t10-/m0/s1. The summed E-state index contributed by atoms with van der Waals surface area (Å²) < 4.78 is 15.8. The Morgan fingerprint density at radius 2 is 2.00 bits per heavy atom. The first-order valence-electron chi connectivity index (χ1n) is 6.64. The molecule has 0 bridgehead atoms. The summed E-state index contributed by atoms with van der Waals surface area (Å²) in [5.74, 6) is 0.132. The lowest BCUT2D eigenvalue weighted by Crippen LogP contribution is -2.09. The molecular weight excluding hydrogens is 291 g/mol. The van der Waals surface area contributed by atoms with E-state index in [0.717, 1.165) is 11.0 Å². The molecule has 0 fully saturated rings. The normalized spacial score (nSPS) is 12.8. The van der Waals surface area contributed by atoms with Gasteiger partial charge >= 0.3 is 0 Å². The van der Waals surface area contributed by atoms with Crippen LogP contribution in [0.3, 0.4) is 0 Å². The van der Waals surface area contributed by atoms with Crippen molar-refractivity contribution in [2.75, 3.05) is 0 Å². The molecule has 1 aromatic heterocycles. The first-order chi connectivity index (χ1) is 10.1. The number of aliphatic hydroxyl groups is 1. The molecule has 0 saturated carbocycles. The van der Waals surface area contributed by atoms with Crippen LogP contribution in [0.2, 0.25) is 5.02 Å². The predicted octanol–water partition coefficient (Wildman–Crippen LogP) is 3.93. The van der Waals surface area contributed by atoms with E-state index >= 15 is 0 Å². The molecule has 3 nitrogen and oxygen atoms in total. The van der Waals surface area contributed by atoms with Gasteiger partial charge in [-0.2, -0.15) is 0 Å². The van der Waals surface area contributed by atoms with E-state index in [4.69, 9.17) is 11.6 Å². The third kappa shape index (κ3) is 2.52. The lowest BCUT2D eigenvalue weighted by atomic mass is 10.2. The highest BCUT2D eigenvalue weighted by Gasteiger charge is 2.17. The Bertz CT molecular complexity index is 778. The van der Waals surface area contributed by atoms with Crippen LogP contribution < -0.4 is 0 Å². The van der Waals surface area contributed by atoms with Crippen LogP contribution in [-0.2, 0) is 6.54 Å². The number of benzene rings is 2. The van der Waals surface area contributed by atoms with Gasteiger partial charge in [-0.05, 0) is 31.2 Å². The Balaban J connectivity index is 2.17. The number of halogens is 2. The van der Waals surface area contributed by atoms with E-state index in [0.29, 0.717) is 16.4 Å². The quantitative estimate of drug-likeness (QED) is 0.796. The number of fused-ring (bicyclic) bond motifs is 1. The average Bonchev–Trinajstić information content (AvgIpc) is 2.82. The summed E-state index contributed by atoms with van der Waals surface area (Å²) in [5, 5.41) is 10.3. The highest BCUT2D eigenvalue weighted by molar-refractivity contribution is 6.31. The lowest BCUT2D eigenvalue weighted by molar-refractivity contribution is 0.185. The van der Waals surface area contributed by atoms with Gasteiger partial charge in [-0.3, -0.25) is 0 Å². The van der Waals surface area contributed by atoms with Gasteiger partial charge in [0.2, 0.25) is 0 Å². The molecule has 0 spiro atoms. The molecule has 0 aliphatic heterocycles. The number of nitrogens with zero attached hydrogens (tertiary/aromatic N) is 2. The number of para-hydroxylation sites is 2. The maximum Gasteiger partial charge on any atom is 0.138 e. The highest BCUT2D eigenvalue weighted by atomic mass is 35.5. The van der Waals surface area contributed by atoms with E-state index in [9.17, 15) is 9.50 Å². The van der Waals surface area contributed by atoms with Gasteiger partial charge in [0.15, 0.2) is 0 Å². The van der Waals surface area contributed by atoms with E-state index in [-0.39, 0.29) is 12.4 Å². The monoisotopic (exact) mass is 304 g/mol. The Hall–Kier alpha value is -1.91. The summed E-state index contributed by atoms with van der Waals surface area (Å²) in [7, 11) is 0. The topological polar surface area (TPSA) is 38.1 Å². The predicted molar refractivity (Wildman–Crippen MR) is 80.9 cm³/mol. The molecular formula is C16H14ClFN2O. The molecule has 0 radical (unpaired) electrons. The van der Waals surface area contributed by atoms with E-state index in [2.05, 4.69) is 4.98 Å². The van der Waals surface area contributed by atoms with Crippen LogP contribution in [-0.4, -0.2) is 14.7 Å². The van der Waals surface area contributed by atoms with E-state index in [1.54, 1.807) is 23.6 Å². The van der Waals surface area contributed by atoms with Crippen LogP contribution in [0.5, 0.6) is 0 Å². The molecule has 1 atom stereocenters. The summed E-state index contributed by atoms with van der Waals surface area (Å²) in [5.41, 5.74) is 2.00. The van der Waals surface area contributed by atoms with Crippen LogP contribution in [0.4, 0.5) is 4.39 Å². The summed E-state index contributed by atoms with van der Waals surface area (Å²) in [6.45, 7) is 1.87. The van der Waals surface area contributed by atoms with Crippen LogP contribution in [0.15, 0.2) is 42.5 Å². The molecule has 21 heavy (non-hydrogen) atoms. The zero-order chi connectivity index (χ0) is 15.0. The first kappa shape index (κ1) is 14.0. The molecule has 1 N–H and O–H groups in total. The third-order valence-electron chi connectivity index (χ3n) is 3.44. The Kier molecular flexibility index (Phi) is 3.66. The second-order valence-electron chi connectivity index (χ2n) is 4.92. The van der Waals surface area contributed by atoms with Crippen molar-refractivity contribution in [1.82, 2.24) is 9.55 Å². The Morgan fingerprint density at radius 3 is 2.71 bits per heavy atom. The van der Waals surface area contributed by atoms with E-state index < -0.39 is 6.10 Å². The minimum atomic E-state index is -0.747. The zero-order valence-electron chi connectivity index (χ0n) is 11.4. The van der Waals surface area contributed by atoms with Crippen molar-refractivity contribution < 1.29 is 9.50 Å². The number of aliphatic hydroxyl groups excluding tert-OH is 1. The summed E-state index contributed by atoms with van der Waals surface area (Å²) in [4.78, 5) is 4.42. The van der Waals surface area contributed by atoms with Crippen LogP contribution in [0.25, 0.3) is 11.0 Å². The van der Waals surface area contributed by atoms with Gasteiger partial charge in [0.1, 0.15) is 17.7 Å². The molecule has 1 heterocycles. The number of rotatable bonds is 3. The van der Waals surface area contributed by atoms with Crippen molar-refractivity contribution in [3.8, 4) is 0 Å². The van der Waals surface area contributed by atoms with Gasteiger partial charge in [0.05, 0.1) is 17.6 Å². The summed E-state index contributed by atoms with van der Waals surface area (Å²) in [6, 6.07) is 12.1. The van der Waals surface area contributed by atoms with Gasteiger partial charge in [-0.25, -0.2) is 9.37 Å². The summed E-state index contributed by atoms with van der Waals surface area (Å²) >= 11 is 6.09. The maximum atomic E-state index is 14.0. The van der Waals surface area contributed by atoms with Gasteiger partial charge in [0.25, 0.3) is 0 Å². The highest BCUT2D eigenvalue weighted by Crippen LogP contribution is 2.26. The minimum absolute atomic E-state index is 0.228. The van der Waals surface area contributed by atoms with E-state index in [1.807, 2.05) is 24.3 Å².